The fourth-order valence-electron chi connectivity index (χ4n) is 1.31. The zero-order valence-corrected chi connectivity index (χ0v) is 7.81. The number of aryl methyl sites for hydroxylation is 1. The third-order valence-corrected chi connectivity index (χ3v) is 1.76. The Kier molecular flexibility index (Phi) is 2.48. The zero-order chi connectivity index (χ0) is 6.97. The molecule has 2 rings (SSSR count). The van der Waals surface area contributed by atoms with E-state index >= 15 is 0 Å². The first-order chi connectivity index (χ1) is 4.86. The molecule has 0 N–H and O–H groups in total. The van der Waals surface area contributed by atoms with Crippen LogP contribution in [0, 0.1) is 6.92 Å². The molecule has 11 heavy (non-hydrogen) atoms. The molecule has 0 heterocycles. The average molecular weight is 180 g/mol. The van der Waals surface area contributed by atoms with Crippen LogP contribution in [0.5, 0.6) is 0 Å². The molecule has 2 aromatic carbocycles. The molecule has 0 saturated carbocycles. The van der Waals surface area contributed by atoms with Gasteiger partial charge >= 0.3 is 0 Å². The molecule has 0 atom stereocenters. The molecule has 55 valence electrons. The fraction of sp³-hybridized carbons (Fsp3) is 0.100. The average Bonchev–Trinajstić information content (AvgIpc) is 2.27. The molecule has 0 aliphatic rings. The first kappa shape index (κ1) is 8.51. The van der Waals surface area contributed by atoms with Crippen LogP contribution in [0.2, 0.25) is 0 Å². The van der Waals surface area contributed by atoms with Crippen molar-refractivity contribution in [3.63, 3.8) is 0 Å². The van der Waals surface area contributed by atoms with Crippen molar-refractivity contribution in [3.8, 4) is 0 Å². The van der Waals surface area contributed by atoms with Crippen LogP contribution in [0.25, 0.3) is 10.8 Å². The quantitative estimate of drug-likeness (QED) is 0.547. The monoisotopic (exact) mass is 180 g/mol. The van der Waals surface area contributed by atoms with Crippen LogP contribution in [0.3, 0.4) is 0 Å². The van der Waals surface area contributed by atoms with Crippen molar-refractivity contribution in [2.24, 2.45) is 0 Å². The Balaban J connectivity index is 0.000000605. The van der Waals surface area contributed by atoms with Gasteiger partial charge in [-0.1, -0.05) is 13.0 Å². The Morgan fingerprint density at radius 1 is 1.18 bits per heavy atom. The normalized spacial score (nSPS) is 9.55. The topological polar surface area (TPSA) is 0 Å². The van der Waals surface area contributed by atoms with E-state index in [1.54, 1.807) is 0 Å². The molecule has 0 nitrogen and oxygen atoms in total. The van der Waals surface area contributed by atoms with Gasteiger partial charge in [0.05, 0.1) is 0 Å². The van der Waals surface area contributed by atoms with Crippen LogP contribution in [-0.2, 0) is 18.6 Å². The summed E-state index contributed by atoms with van der Waals surface area (Å²) in [6, 6.07) is 12.8. The first-order valence-electron chi connectivity index (χ1n) is 3.48. The number of benzene rings is 1. The van der Waals surface area contributed by atoms with Gasteiger partial charge in [-0.05, 0) is 0 Å². The number of hydrogen-bond acceptors (Lipinski definition) is 0. The Morgan fingerprint density at radius 2 is 1.91 bits per heavy atom. The molecule has 0 aliphatic carbocycles. The molecule has 0 spiro atoms. The van der Waals surface area contributed by atoms with E-state index in [9.17, 15) is 0 Å². The minimum atomic E-state index is 0. The summed E-state index contributed by atoms with van der Waals surface area (Å²) in [5, 5.41) is 2.69. The fourth-order valence-corrected chi connectivity index (χ4v) is 1.31. The van der Waals surface area contributed by atoms with E-state index in [0.717, 1.165) is 0 Å². The smallest absolute Gasteiger partial charge is 0 e. The van der Waals surface area contributed by atoms with E-state index in [-0.39, 0.29) is 18.6 Å². The van der Waals surface area contributed by atoms with E-state index < -0.39 is 0 Å². The summed E-state index contributed by atoms with van der Waals surface area (Å²) in [4.78, 5) is 0. The Hall–Kier alpha value is -0.586. The summed E-state index contributed by atoms with van der Waals surface area (Å²) in [5.41, 5.74) is 1.35. The maximum Gasteiger partial charge on any atom is 0 e. The predicted octanol–water partition coefficient (Wildman–Crippen LogP) is 2.86. The van der Waals surface area contributed by atoms with Gasteiger partial charge in [0.25, 0.3) is 0 Å². The first-order valence-corrected chi connectivity index (χ1v) is 3.48. The molecule has 1 radical (unpaired) electrons. The van der Waals surface area contributed by atoms with Crippen molar-refractivity contribution in [2.75, 3.05) is 0 Å². The van der Waals surface area contributed by atoms with Gasteiger partial charge in [0, 0.05) is 18.6 Å². The maximum absolute atomic E-state index is 2.20. The third kappa shape index (κ3) is 1.53. The van der Waals surface area contributed by atoms with Gasteiger partial charge in [-0.3, -0.25) is 0 Å². The molecule has 0 fully saturated rings. The SMILES string of the molecule is Cc1cc2ccccc2[cH-]1.[V]. The molecule has 0 amide bonds. The molecular weight excluding hydrogens is 171 g/mol. The van der Waals surface area contributed by atoms with Gasteiger partial charge in [0.2, 0.25) is 0 Å². The van der Waals surface area contributed by atoms with Crippen molar-refractivity contribution in [2.45, 2.75) is 6.92 Å². The standard InChI is InChI=1S/C10H9.V/c1-8-6-9-4-2-3-5-10(9)7-8;/h2-7H,1H3;/q-1;. The van der Waals surface area contributed by atoms with E-state index in [1.807, 2.05) is 0 Å². The predicted molar refractivity (Wildman–Crippen MR) is 44.3 cm³/mol. The maximum atomic E-state index is 2.20. The largest absolute Gasteiger partial charge is 0.165 e. The summed E-state index contributed by atoms with van der Waals surface area (Å²) < 4.78 is 0. The van der Waals surface area contributed by atoms with E-state index in [2.05, 4.69) is 43.3 Å². The molecule has 1 heteroatoms. The van der Waals surface area contributed by atoms with Crippen LogP contribution in [0.15, 0.2) is 36.4 Å². The van der Waals surface area contributed by atoms with Crippen molar-refractivity contribution in [1.82, 2.24) is 0 Å². The van der Waals surface area contributed by atoms with Gasteiger partial charge < -0.3 is 0 Å². The third-order valence-electron chi connectivity index (χ3n) is 1.76. The van der Waals surface area contributed by atoms with E-state index in [0.29, 0.717) is 0 Å². The second kappa shape index (κ2) is 3.21. The van der Waals surface area contributed by atoms with Crippen LogP contribution in [-0.4, -0.2) is 0 Å². The van der Waals surface area contributed by atoms with Gasteiger partial charge in [0.1, 0.15) is 0 Å². The number of rotatable bonds is 0. The summed E-state index contributed by atoms with van der Waals surface area (Å²) in [7, 11) is 0. The Labute approximate surface area is 78.5 Å². The van der Waals surface area contributed by atoms with Crippen LogP contribution < -0.4 is 0 Å². The van der Waals surface area contributed by atoms with Crippen LogP contribution in [0.1, 0.15) is 5.56 Å². The number of hydrogen-bond donors (Lipinski definition) is 0. The summed E-state index contributed by atoms with van der Waals surface area (Å²) in [6.45, 7) is 2.12. The second-order valence-corrected chi connectivity index (χ2v) is 2.66. The molecule has 0 aromatic heterocycles. The summed E-state index contributed by atoms with van der Waals surface area (Å²) in [5.74, 6) is 0. The molecule has 0 bridgehead atoms. The minimum Gasteiger partial charge on any atom is -0.165 e. The molecule has 0 saturated heterocycles. The van der Waals surface area contributed by atoms with Gasteiger partial charge in [-0.25, -0.2) is 0 Å². The molecular formula is C10H9V-. The van der Waals surface area contributed by atoms with Crippen molar-refractivity contribution in [3.05, 3.63) is 42.0 Å². The molecule has 0 unspecified atom stereocenters. The Bertz CT molecular complexity index is 313. The summed E-state index contributed by atoms with van der Waals surface area (Å²) in [6.07, 6.45) is 0. The van der Waals surface area contributed by atoms with Crippen molar-refractivity contribution >= 4 is 10.8 Å². The number of fused-ring (bicyclic) bond motifs is 1. The van der Waals surface area contributed by atoms with Crippen LogP contribution >= 0.6 is 0 Å². The van der Waals surface area contributed by atoms with Crippen molar-refractivity contribution < 1.29 is 18.6 Å². The summed E-state index contributed by atoms with van der Waals surface area (Å²) >= 11 is 0. The van der Waals surface area contributed by atoms with E-state index in [1.165, 1.54) is 16.3 Å². The Morgan fingerprint density at radius 3 is 2.64 bits per heavy atom. The van der Waals surface area contributed by atoms with Gasteiger partial charge in [0.15, 0.2) is 0 Å². The van der Waals surface area contributed by atoms with Gasteiger partial charge in [-0.15, -0.1) is 40.6 Å². The zero-order valence-electron chi connectivity index (χ0n) is 6.41. The van der Waals surface area contributed by atoms with Crippen molar-refractivity contribution in [1.29, 1.82) is 0 Å². The van der Waals surface area contributed by atoms with Gasteiger partial charge in [-0.2, -0.15) is 6.07 Å². The van der Waals surface area contributed by atoms with Crippen LogP contribution in [0.4, 0.5) is 0 Å². The minimum absolute atomic E-state index is 0. The molecule has 0 aliphatic heterocycles. The second-order valence-electron chi connectivity index (χ2n) is 2.66. The molecule has 2 aromatic rings. The van der Waals surface area contributed by atoms with E-state index in [4.69, 9.17) is 0 Å².